The molecular formula is C13H20ClN3O. The minimum Gasteiger partial charge on any atom is -0.373 e. The van der Waals surface area contributed by atoms with Crippen LogP contribution in [0.1, 0.15) is 32.6 Å². The molecule has 2 rings (SSSR count). The molecule has 1 aromatic rings. The molecule has 0 saturated heterocycles. The van der Waals surface area contributed by atoms with Crippen LogP contribution in [0.4, 0.5) is 11.5 Å². The number of anilines is 2. The first-order chi connectivity index (χ1) is 8.20. The zero-order valence-corrected chi connectivity index (χ0v) is 11.6. The number of amides is 1. The standard InChI is InChI=1S/C13H19N3O.ClH/c1-3-6-13(7-8-13)12(17)16-10-4-5-11(14-2)15-9-10;/h4-5,9H,3,6-8H2,1-2H3,(H,14,15)(H,16,17);1H. The van der Waals surface area contributed by atoms with Gasteiger partial charge in [-0.25, -0.2) is 4.98 Å². The van der Waals surface area contributed by atoms with Crippen LogP contribution >= 0.6 is 12.4 Å². The lowest BCUT2D eigenvalue weighted by Gasteiger charge is -2.14. The molecule has 2 N–H and O–H groups in total. The fourth-order valence-corrected chi connectivity index (χ4v) is 2.10. The quantitative estimate of drug-likeness (QED) is 0.864. The Hall–Kier alpha value is -1.29. The van der Waals surface area contributed by atoms with Gasteiger partial charge < -0.3 is 10.6 Å². The largest absolute Gasteiger partial charge is 0.373 e. The molecule has 0 aliphatic heterocycles. The second kappa shape index (κ2) is 6.05. The van der Waals surface area contributed by atoms with Crippen molar-refractivity contribution in [2.24, 2.45) is 5.41 Å². The van der Waals surface area contributed by atoms with Crippen LogP contribution in [-0.2, 0) is 4.79 Å². The molecule has 0 bridgehead atoms. The Morgan fingerprint density at radius 2 is 2.17 bits per heavy atom. The van der Waals surface area contributed by atoms with Crippen LogP contribution in [-0.4, -0.2) is 17.9 Å². The van der Waals surface area contributed by atoms with Gasteiger partial charge >= 0.3 is 0 Å². The van der Waals surface area contributed by atoms with E-state index in [0.717, 1.165) is 37.2 Å². The third kappa shape index (κ3) is 3.13. The minimum absolute atomic E-state index is 0. The molecule has 1 amide bonds. The normalized spacial score (nSPS) is 15.4. The van der Waals surface area contributed by atoms with E-state index in [1.54, 1.807) is 6.20 Å². The van der Waals surface area contributed by atoms with E-state index in [0.29, 0.717) is 0 Å². The van der Waals surface area contributed by atoms with Gasteiger partial charge in [-0.3, -0.25) is 4.79 Å². The van der Waals surface area contributed by atoms with E-state index in [1.807, 2.05) is 19.2 Å². The number of nitrogens with zero attached hydrogens (tertiary/aromatic N) is 1. The maximum atomic E-state index is 12.1. The Morgan fingerprint density at radius 1 is 1.44 bits per heavy atom. The Bertz CT molecular complexity index is 401. The Labute approximate surface area is 114 Å². The second-order valence-corrected chi connectivity index (χ2v) is 4.67. The number of pyridine rings is 1. The Kier molecular flexibility index (Phi) is 4.96. The third-order valence-corrected chi connectivity index (χ3v) is 3.34. The average Bonchev–Trinajstić information content (AvgIpc) is 3.12. The highest BCUT2D eigenvalue weighted by Gasteiger charge is 2.48. The maximum Gasteiger partial charge on any atom is 0.230 e. The van der Waals surface area contributed by atoms with Crippen LogP contribution in [0.25, 0.3) is 0 Å². The molecule has 1 aliphatic rings. The van der Waals surface area contributed by atoms with Crippen LogP contribution in [0, 0.1) is 5.41 Å². The number of nitrogens with one attached hydrogen (secondary N) is 2. The maximum absolute atomic E-state index is 12.1. The molecule has 1 saturated carbocycles. The summed E-state index contributed by atoms with van der Waals surface area (Å²) in [5, 5.41) is 5.90. The van der Waals surface area contributed by atoms with Crippen LogP contribution in [0.15, 0.2) is 18.3 Å². The van der Waals surface area contributed by atoms with Gasteiger partial charge in [0.2, 0.25) is 5.91 Å². The molecule has 0 radical (unpaired) electrons. The summed E-state index contributed by atoms with van der Waals surface area (Å²) in [5.74, 6) is 0.955. The van der Waals surface area contributed by atoms with Gasteiger partial charge in [0.25, 0.3) is 0 Å². The number of carbonyl (C=O) groups is 1. The number of rotatable bonds is 5. The lowest BCUT2D eigenvalue weighted by Crippen LogP contribution is -2.24. The average molecular weight is 270 g/mol. The summed E-state index contributed by atoms with van der Waals surface area (Å²) < 4.78 is 0. The lowest BCUT2D eigenvalue weighted by atomic mass is 10.00. The number of aromatic nitrogens is 1. The molecule has 0 spiro atoms. The SMILES string of the molecule is CCCC1(C(=O)Nc2ccc(NC)nc2)CC1.Cl. The molecular weight excluding hydrogens is 250 g/mol. The monoisotopic (exact) mass is 269 g/mol. The smallest absolute Gasteiger partial charge is 0.230 e. The van der Waals surface area contributed by atoms with Crippen molar-refractivity contribution in [2.45, 2.75) is 32.6 Å². The van der Waals surface area contributed by atoms with Gasteiger partial charge in [-0.05, 0) is 31.4 Å². The van der Waals surface area contributed by atoms with Gasteiger partial charge in [0.15, 0.2) is 0 Å². The third-order valence-electron chi connectivity index (χ3n) is 3.34. The summed E-state index contributed by atoms with van der Waals surface area (Å²) in [7, 11) is 1.82. The zero-order chi connectivity index (χ0) is 12.3. The number of halogens is 1. The number of hydrogen-bond donors (Lipinski definition) is 2. The molecule has 100 valence electrons. The van der Waals surface area contributed by atoms with Gasteiger partial charge in [-0.1, -0.05) is 13.3 Å². The van der Waals surface area contributed by atoms with Gasteiger partial charge in [-0.2, -0.15) is 0 Å². The molecule has 0 aromatic carbocycles. The van der Waals surface area contributed by atoms with Crippen LogP contribution < -0.4 is 10.6 Å². The van der Waals surface area contributed by atoms with E-state index in [4.69, 9.17) is 0 Å². The first kappa shape index (κ1) is 14.8. The predicted molar refractivity (Wildman–Crippen MR) is 76.2 cm³/mol. The highest BCUT2D eigenvalue weighted by molar-refractivity contribution is 5.97. The van der Waals surface area contributed by atoms with Crippen molar-refractivity contribution < 1.29 is 4.79 Å². The lowest BCUT2D eigenvalue weighted by molar-refractivity contribution is -0.121. The summed E-state index contributed by atoms with van der Waals surface area (Å²) in [6.07, 6.45) is 5.78. The van der Waals surface area contributed by atoms with Crippen LogP contribution in [0.2, 0.25) is 0 Å². The fraction of sp³-hybridized carbons (Fsp3) is 0.538. The molecule has 1 heterocycles. The number of carbonyl (C=O) groups excluding carboxylic acids is 1. The Balaban J connectivity index is 0.00000162. The molecule has 1 aliphatic carbocycles. The van der Waals surface area contributed by atoms with Crippen molar-refractivity contribution in [1.82, 2.24) is 4.98 Å². The number of hydrogen-bond acceptors (Lipinski definition) is 3. The van der Waals surface area contributed by atoms with Crippen molar-refractivity contribution >= 4 is 29.8 Å². The van der Waals surface area contributed by atoms with Gasteiger partial charge in [0, 0.05) is 12.5 Å². The van der Waals surface area contributed by atoms with Crippen molar-refractivity contribution in [3.8, 4) is 0 Å². The summed E-state index contributed by atoms with van der Waals surface area (Å²) in [6, 6.07) is 3.73. The molecule has 0 unspecified atom stereocenters. The van der Waals surface area contributed by atoms with E-state index >= 15 is 0 Å². The van der Waals surface area contributed by atoms with Gasteiger partial charge in [0.05, 0.1) is 11.9 Å². The van der Waals surface area contributed by atoms with Crippen LogP contribution in [0.3, 0.4) is 0 Å². The van der Waals surface area contributed by atoms with Crippen LogP contribution in [0.5, 0.6) is 0 Å². The van der Waals surface area contributed by atoms with Crippen molar-refractivity contribution in [3.63, 3.8) is 0 Å². The van der Waals surface area contributed by atoms with E-state index in [9.17, 15) is 4.79 Å². The molecule has 5 heteroatoms. The topological polar surface area (TPSA) is 54.0 Å². The van der Waals surface area contributed by atoms with Gasteiger partial charge in [-0.15, -0.1) is 12.4 Å². The van der Waals surface area contributed by atoms with E-state index in [-0.39, 0.29) is 23.7 Å². The molecule has 1 aromatic heterocycles. The van der Waals surface area contributed by atoms with Crippen molar-refractivity contribution in [2.75, 3.05) is 17.7 Å². The highest BCUT2D eigenvalue weighted by Crippen LogP contribution is 2.50. The molecule has 4 nitrogen and oxygen atoms in total. The molecule has 1 fully saturated rings. The Morgan fingerprint density at radius 3 is 2.61 bits per heavy atom. The van der Waals surface area contributed by atoms with Crippen molar-refractivity contribution in [1.29, 1.82) is 0 Å². The van der Waals surface area contributed by atoms with E-state index in [2.05, 4.69) is 22.5 Å². The second-order valence-electron chi connectivity index (χ2n) is 4.67. The minimum atomic E-state index is -0.0869. The summed E-state index contributed by atoms with van der Waals surface area (Å²) in [6.45, 7) is 2.12. The first-order valence-corrected chi connectivity index (χ1v) is 6.15. The summed E-state index contributed by atoms with van der Waals surface area (Å²) >= 11 is 0. The first-order valence-electron chi connectivity index (χ1n) is 6.15. The van der Waals surface area contributed by atoms with E-state index in [1.165, 1.54) is 0 Å². The van der Waals surface area contributed by atoms with E-state index < -0.39 is 0 Å². The summed E-state index contributed by atoms with van der Waals surface area (Å²) in [5.41, 5.74) is 0.688. The van der Waals surface area contributed by atoms with Gasteiger partial charge in [0.1, 0.15) is 5.82 Å². The molecule has 18 heavy (non-hydrogen) atoms. The van der Waals surface area contributed by atoms with Crippen molar-refractivity contribution in [3.05, 3.63) is 18.3 Å². The fourth-order valence-electron chi connectivity index (χ4n) is 2.10. The highest BCUT2D eigenvalue weighted by atomic mass is 35.5. The summed E-state index contributed by atoms with van der Waals surface area (Å²) in [4.78, 5) is 16.3. The zero-order valence-electron chi connectivity index (χ0n) is 10.8. The molecule has 0 atom stereocenters. The predicted octanol–water partition coefficient (Wildman–Crippen LogP) is 3.06.